The second kappa shape index (κ2) is 2.26. The molecule has 0 spiro atoms. The van der Waals surface area contributed by atoms with Crippen LogP contribution in [-0.4, -0.2) is 0 Å². The lowest BCUT2D eigenvalue weighted by Crippen LogP contribution is -2.10. The minimum absolute atomic E-state index is 0.0949. The van der Waals surface area contributed by atoms with Crippen LogP contribution in [0.5, 0.6) is 0 Å². The zero-order valence-corrected chi connectivity index (χ0v) is 6.43. The third-order valence-electron chi connectivity index (χ3n) is 2.23. The number of rotatable bonds is 0. The first-order valence-corrected chi connectivity index (χ1v) is 3.84. The highest BCUT2D eigenvalue weighted by Gasteiger charge is 2.42. The van der Waals surface area contributed by atoms with Crippen LogP contribution in [0.1, 0.15) is 23.6 Å². The predicted octanol–water partition coefficient (Wildman–Crippen LogP) is 2.18. The molecule has 0 bridgehead atoms. The van der Waals surface area contributed by atoms with E-state index in [0.717, 1.165) is 0 Å². The maximum absolute atomic E-state index is 13.1. The van der Waals surface area contributed by atoms with E-state index in [-0.39, 0.29) is 12.0 Å². The standard InChI is InChI=1S/C9H9F2N/c10-9(11)5-8(12)6-3-1-2-4-7(6)9/h1-4,8H,5,12H2. The Balaban J connectivity index is 2.58. The lowest BCUT2D eigenvalue weighted by molar-refractivity contribution is -0.00642. The lowest BCUT2D eigenvalue weighted by atomic mass is 10.1. The Kier molecular flexibility index (Phi) is 1.45. The van der Waals surface area contributed by atoms with Crippen molar-refractivity contribution in [2.24, 2.45) is 5.73 Å². The molecule has 0 aromatic heterocycles. The van der Waals surface area contributed by atoms with Gasteiger partial charge in [-0.3, -0.25) is 0 Å². The first-order valence-electron chi connectivity index (χ1n) is 3.84. The second-order valence-corrected chi connectivity index (χ2v) is 3.10. The molecule has 1 aliphatic rings. The Bertz CT molecular complexity index is 309. The molecule has 0 saturated heterocycles. The summed E-state index contributed by atoms with van der Waals surface area (Å²) in [5.74, 6) is -2.73. The molecule has 3 heteroatoms. The summed E-state index contributed by atoms with van der Waals surface area (Å²) in [5.41, 5.74) is 6.22. The Morgan fingerprint density at radius 3 is 2.67 bits per heavy atom. The molecule has 0 fully saturated rings. The van der Waals surface area contributed by atoms with Crippen molar-refractivity contribution in [2.45, 2.75) is 18.4 Å². The summed E-state index contributed by atoms with van der Waals surface area (Å²) in [4.78, 5) is 0. The number of benzene rings is 1. The SMILES string of the molecule is NC1CC(F)(F)c2ccccc21. The first-order chi connectivity index (χ1) is 5.61. The smallest absolute Gasteiger partial charge is 0.275 e. The van der Waals surface area contributed by atoms with E-state index in [1.54, 1.807) is 18.2 Å². The van der Waals surface area contributed by atoms with Crippen LogP contribution in [0, 0.1) is 0 Å². The molecule has 1 atom stereocenters. The molecule has 0 heterocycles. The van der Waals surface area contributed by atoms with E-state index >= 15 is 0 Å². The average Bonchev–Trinajstić information content (AvgIpc) is 2.25. The Morgan fingerprint density at radius 1 is 1.33 bits per heavy atom. The summed E-state index contributed by atoms with van der Waals surface area (Å²) in [6, 6.07) is 5.96. The largest absolute Gasteiger partial charge is 0.324 e. The van der Waals surface area contributed by atoms with Gasteiger partial charge in [-0.15, -0.1) is 0 Å². The maximum Gasteiger partial charge on any atom is 0.275 e. The van der Waals surface area contributed by atoms with Crippen molar-refractivity contribution in [1.29, 1.82) is 0 Å². The number of nitrogens with two attached hydrogens (primary N) is 1. The number of fused-ring (bicyclic) bond motifs is 1. The maximum atomic E-state index is 13.1. The van der Waals surface area contributed by atoms with E-state index in [9.17, 15) is 8.78 Å². The number of hydrogen-bond acceptors (Lipinski definition) is 1. The summed E-state index contributed by atoms with van der Waals surface area (Å²) in [6.07, 6.45) is -0.258. The van der Waals surface area contributed by atoms with Crippen LogP contribution in [0.3, 0.4) is 0 Å². The highest BCUT2D eigenvalue weighted by molar-refractivity contribution is 5.38. The van der Waals surface area contributed by atoms with Crippen LogP contribution in [0.25, 0.3) is 0 Å². The van der Waals surface area contributed by atoms with E-state index in [4.69, 9.17) is 5.73 Å². The fourth-order valence-corrected chi connectivity index (χ4v) is 1.65. The highest BCUT2D eigenvalue weighted by atomic mass is 19.3. The molecular formula is C9H9F2N. The molecule has 0 aliphatic heterocycles. The van der Waals surface area contributed by atoms with Crippen molar-refractivity contribution in [3.8, 4) is 0 Å². The monoisotopic (exact) mass is 169 g/mol. The van der Waals surface area contributed by atoms with E-state index < -0.39 is 12.0 Å². The molecule has 1 aromatic carbocycles. The molecule has 1 aliphatic carbocycles. The van der Waals surface area contributed by atoms with Gasteiger partial charge in [-0.05, 0) is 5.56 Å². The summed E-state index contributed by atoms with van der Waals surface area (Å²) >= 11 is 0. The third kappa shape index (κ3) is 0.932. The second-order valence-electron chi connectivity index (χ2n) is 3.10. The van der Waals surface area contributed by atoms with Crippen LogP contribution in [0.15, 0.2) is 24.3 Å². The van der Waals surface area contributed by atoms with Gasteiger partial charge in [0.25, 0.3) is 5.92 Å². The van der Waals surface area contributed by atoms with E-state index in [1.807, 2.05) is 0 Å². The van der Waals surface area contributed by atoms with Gasteiger partial charge in [-0.2, -0.15) is 0 Å². The van der Waals surface area contributed by atoms with Gasteiger partial charge in [0.05, 0.1) is 0 Å². The fourth-order valence-electron chi connectivity index (χ4n) is 1.65. The van der Waals surface area contributed by atoms with Crippen molar-refractivity contribution in [3.05, 3.63) is 35.4 Å². The van der Waals surface area contributed by atoms with Gasteiger partial charge >= 0.3 is 0 Å². The number of alkyl halides is 2. The van der Waals surface area contributed by atoms with Crippen molar-refractivity contribution < 1.29 is 8.78 Å². The Hall–Kier alpha value is -0.960. The third-order valence-corrected chi connectivity index (χ3v) is 2.23. The van der Waals surface area contributed by atoms with Gasteiger partial charge in [0.2, 0.25) is 0 Å². The minimum atomic E-state index is -2.73. The molecule has 0 amide bonds. The predicted molar refractivity (Wildman–Crippen MR) is 41.9 cm³/mol. The lowest BCUT2D eigenvalue weighted by Gasteiger charge is -2.08. The summed E-state index contributed by atoms with van der Waals surface area (Å²) < 4.78 is 26.2. The van der Waals surface area contributed by atoms with Gasteiger partial charge in [0.15, 0.2) is 0 Å². The van der Waals surface area contributed by atoms with Crippen LogP contribution in [0.2, 0.25) is 0 Å². The van der Waals surface area contributed by atoms with E-state index in [1.165, 1.54) is 6.07 Å². The van der Waals surface area contributed by atoms with Crippen LogP contribution < -0.4 is 5.73 Å². The molecule has 2 N–H and O–H groups in total. The summed E-state index contributed by atoms with van der Waals surface area (Å²) in [6.45, 7) is 0. The molecular weight excluding hydrogens is 160 g/mol. The minimum Gasteiger partial charge on any atom is -0.324 e. The van der Waals surface area contributed by atoms with Gasteiger partial charge in [-0.1, -0.05) is 24.3 Å². The molecule has 1 nitrogen and oxygen atoms in total. The molecule has 64 valence electrons. The van der Waals surface area contributed by atoms with Crippen LogP contribution >= 0.6 is 0 Å². The average molecular weight is 169 g/mol. The van der Waals surface area contributed by atoms with E-state index in [2.05, 4.69) is 0 Å². The van der Waals surface area contributed by atoms with Crippen molar-refractivity contribution in [1.82, 2.24) is 0 Å². The molecule has 2 rings (SSSR count). The van der Waals surface area contributed by atoms with Gasteiger partial charge in [0, 0.05) is 18.0 Å². The van der Waals surface area contributed by atoms with Gasteiger partial charge in [0.1, 0.15) is 0 Å². The number of hydrogen-bond donors (Lipinski definition) is 1. The van der Waals surface area contributed by atoms with Gasteiger partial charge in [-0.25, -0.2) is 8.78 Å². The van der Waals surface area contributed by atoms with Gasteiger partial charge < -0.3 is 5.73 Å². The van der Waals surface area contributed by atoms with Crippen molar-refractivity contribution in [2.75, 3.05) is 0 Å². The summed E-state index contributed by atoms with van der Waals surface area (Å²) in [5, 5.41) is 0. The summed E-state index contributed by atoms with van der Waals surface area (Å²) in [7, 11) is 0. The Morgan fingerprint density at radius 2 is 2.00 bits per heavy atom. The molecule has 1 unspecified atom stereocenters. The van der Waals surface area contributed by atoms with Crippen molar-refractivity contribution in [3.63, 3.8) is 0 Å². The first kappa shape index (κ1) is 7.68. The molecule has 0 saturated carbocycles. The Labute approximate surface area is 69.2 Å². The van der Waals surface area contributed by atoms with E-state index in [0.29, 0.717) is 5.56 Å². The van der Waals surface area contributed by atoms with Crippen LogP contribution in [0.4, 0.5) is 8.78 Å². The zero-order chi connectivity index (χ0) is 8.77. The fraction of sp³-hybridized carbons (Fsp3) is 0.333. The molecule has 12 heavy (non-hydrogen) atoms. The highest BCUT2D eigenvalue weighted by Crippen LogP contribution is 2.45. The molecule has 1 aromatic rings. The number of halogens is 2. The molecule has 0 radical (unpaired) electrons. The topological polar surface area (TPSA) is 26.0 Å². The normalized spacial score (nSPS) is 25.4. The van der Waals surface area contributed by atoms with Crippen molar-refractivity contribution >= 4 is 0 Å². The van der Waals surface area contributed by atoms with Crippen LogP contribution in [-0.2, 0) is 5.92 Å². The quantitative estimate of drug-likeness (QED) is 0.632. The zero-order valence-electron chi connectivity index (χ0n) is 6.43.